The molecule has 0 aliphatic heterocycles. The van der Waals surface area contributed by atoms with Crippen LogP contribution in [0.3, 0.4) is 0 Å². The molecule has 0 aliphatic rings. The van der Waals surface area contributed by atoms with Crippen molar-refractivity contribution in [1.82, 2.24) is 0 Å². The second kappa shape index (κ2) is 7.53. The molecule has 0 aromatic heterocycles. The highest BCUT2D eigenvalue weighted by atomic mass is 35.5. The normalized spacial score (nSPS) is 10.4. The number of benzene rings is 2. The van der Waals surface area contributed by atoms with Crippen molar-refractivity contribution in [3.05, 3.63) is 58.6 Å². The van der Waals surface area contributed by atoms with Crippen LogP contribution < -0.4 is 5.32 Å². The lowest BCUT2D eigenvalue weighted by atomic mass is 10.1. The largest absolute Gasteiger partial charge is 0.322 e. The molecule has 2 rings (SSSR count). The summed E-state index contributed by atoms with van der Waals surface area (Å²) in [6.07, 6.45) is 1.08. The predicted octanol–water partition coefficient (Wildman–Crippen LogP) is 5.40. The second-order valence-corrected chi connectivity index (χ2v) is 6.26. The van der Waals surface area contributed by atoms with Crippen LogP contribution in [0.2, 0.25) is 5.02 Å². The number of amides is 1. The molecule has 0 bridgehead atoms. The van der Waals surface area contributed by atoms with E-state index in [-0.39, 0.29) is 5.91 Å². The number of anilines is 1. The number of carbonyl (C=O) groups excluding carboxylic acids is 1. The number of hydrogen-bond acceptors (Lipinski definition) is 2. The molecule has 21 heavy (non-hydrogen) atoms. The van der Waals surface area contributed by atoms with Gasteiger partial charge in [-0.25, -0.2) is 0 Å². The molecule has 0 heterocycles. The molecule has 4 heteroatoms. The SMILES string of the molecule is CCCSc1ccccc1C(=O)Nc1cccc(Cl)c1C. The minimum absolute atomic E-state index is 0.0976. The smallest absolute Gasteiger partial charge is 0.256 e. The molecule has 0 saturated carbocycles. The summed E-state index contributed by atoms with van der Waals surface area (Å²) in [5, 5.41) is 3.60. The van der Waals surface area contributed by atoms with Gasteiger partial charge in [0.15, 0.2) is 0 Å². The standard InChI is InChI=1S/C17H18ClNOS/c1-3-11-21-16-10-5-4-7-13(16)17(20)19-15-9-6-8-14(18)12(15)2/h4-10H,3,11H2,1-2H3,(H,19,20). The van der Waals surface area contributed by atoms with Crippen molar-refractivity contribution < 1.29 is 4.79 Å². The van der Waals surface area contributed by atoms with Crippen LogP contribution in [0.15, 0.2) is 47.4 Å². The lowest BCUT2D eigenvalue weighted by molar-refractivity contribution is 0.102. The zero-order chi connectivity index (χ0) is 15.2. The summed E-state index contributed by atoms with van der Waals surface area (Å²) >= 11 is 7.79. The molecule has 0 radical (unpaired) electrons. The molecule has 2 aromatic carbocycles. The summed E-state index contributed by atoms with van der Waals surface area (Å²) in [7, 11) is 0. The van der Waals surface area contributed by atoms with E-state index in [1.807, 2.05) is 49.4 Å². The number of hydrogen-bond donors (Lipinski definition) is 1. The van der Waals surface area contributed by atoms with E-state index in [1.165, 1.54) is 0 Å². The van der Waals surface area contributed by atoms with Crippen molar-refractivity contribution >= 4 is 35.0 Å². The average Bonchev–Trinajstić information content (AvgIpc) is 2.50. The highest BCUT2D eigenvalue weighted by Crippen LogP contribution is 2.26. The van der Waals surface area contributed by atoms with E-state index >= 15 is 0 Å². The first-order chi connectivity index (χ1) is 10.1. The molecule has 0 atom stereocenters. The molecule has 1 N–H and O–H groups in total. The lowest BCUT2D eigenvalue weighted by Crippen LogP contribution is -2.14. The topological polar surface area (TPSA) is 29.1 Å². The van der Waals surface area contributed by atoms with Crippen LogP contribution in [0.1, 0.15) is 29.3 Å². The Kier molecular flexibility index (Phi) is 5.71. The lowest BCUT2D eigenvalue weighted by Gasteiger charge is -2.12. The van der Waals surface area contributed by atoms with Gasteiger partial charge in [-0.15, -0.1) is 11.8 Å². The highest BCUT2D eigenvalue weighted by molar-refractivity contribution is 7.99. The molecule has 0 saturated heterocycles. The monoisotopic (exact) mass is 319 g/mol. The Morgan fingerprint density at radius 3 is 2.71 bits per heavy atom. The third-order valence-corrected chi connectivity index (χ3v) is 4.80. The number of halogens is 1. The molecule has 0 unspecified atom stereocenters. The van der Waals surface area contributed by atoms with Crippen LogP contribution in [-0.2, 0) is 0 Å². The van der Waals surface area contributed by atoms with Gasteiger partial charge in [-0.05, 0) is 48.9 Å². The number of carbonyl (C=O) groups is 1. The maximum absolute atomic E-state index is 12.5. The Bertz CT molecular complexity index is 642. The molecular weight excluding hydrogens is 302 g/mol. The summed E-state index contributed by atoms with van der Waals surface area (Å²) in [6, 6.07) is 13.2. The van der Waals surface area contributed by atoms with Crippen molar-refractivity contribution in [1.29, 1.82) is 0 Å². The van der Waals surface area contributed by atoms with Gasteiger partial charge >= 0.3 is 0 Å². The van der Waals surface area contributed by atoms with Crippen LogP contribution in [0.4, 0.5) is 5.69 Å². The van der Waals surface area contributed by atoms with Gasteiger partial charge in [-0.3, -0.25) is 4.79 Å². The van der Waals surface area contributed by atoms with Gasteiger partial charge in [0, 0.05) is 15.6 Å². The van der Waals surface area contributed by atoms with Gasteiger partial charge in [-0.1, -0.05) is 36.7 Å². The Labute approximate surface area is 134 Å². The van der Waals surface area contributed by atoms with E-state index < -0.39 is 0 Å². The molecule has 110 valence electrons. The fourth-order valence-electron chi connectivity index (χ4n) is 1.92. The quantitative estimate of drug-likeness (QED) is 0.747. The third-order valence-electron chi connectivity index (χ3n) is 3.11. The number of rotatable bonds is 5. The third kappa shape index (κ3) is 4.02. The van der Waals surface area contributed by atoms with Gasteiger partial charge in [0.25, 0.3) is 5.91 Å². The van der Waals surface area contributed by atoms with Crippen LogP contribution >= 0.6 is 23.4 Å². The van der Waals surface area contributed by atoms with Gasteiger partial charge < -0.3 is 5.32 Å². The van der Waals surface area contributed by atoms with E-state index in [4.69, 9.17) is 11.6 Å². The zero-order valence-electron chi connectivity index (χ0n) is 12.2. The first-order valence-corrected chi connectivity index (χ1v) is 8.28. The van der Waals surface area contributed by atoms with E-state index in [0.29, 0.717) is 10.6 Å². The van der Waals surface area contributed by atoms with Gasteiger partial charge in [0.1, 0.15) is 0 Å². The van der Waals surface area contributed by atoms with Crippen LogP contribution in [0.5, 0.6) is 0 Å². The molecule has 0 aliphatic carbocycles. The average molecular weight is 320 g/mol. The van der Waals surface area contributed by atoms with E-state index in [2.05, 4.69) is 12.2 Å². The predicted molar refractivity (Wildman–Crippen MR) is 91.6 cm³/mol. The number of thioether (sulfide) groups is 1. The summed E-state index contributed by atoms with van der Waals surface area (Å²) in [4.78, 5) is 13.5. The van der Waals surface area contributed by atoms with Crippen molar-refractivity contribution in [3.8, 4) is 0 Å². The number of nitrogens with one attached hydrogen (secondary N) is 1. The first kappa shape index (κ1) is 15.9. The molecule has 0 fully saturated rings. The molecule has 1 amide bonds. The maximum atomic E-state index is 12.5. The van der Waals surface area contributed by atoms with Crippen molar-refractivity contribution in [3.63, 3.8) is 0 Å². The van der Waals surface area contributed by atoms with Crippen LogP contribution in [-0.4, -0.2) is 11.7 Å². The molecular formula is C17H18ClNOS. The molecule has 2 aromatic rings. The summed E-state index contributed by atoms with van der Waals surface area (Å²) in [5.41, 5.74) is 2.34. The van der Waals surface area contributed by atoms with Gasteiger partial charge in [0.2, 0.25) is 0 Å². The zero-order valence-corrected chi connectivity index (χ0v) is 13.7. The van der Waals surface area contributed by atoms with Gasteiger partial charge in [0.05, 0.1) is 5.56 Å². The van der Waals surface area contributed by atoms with Crippen LogP contribution in [0.25, 0.3) is 0 Å². The second-order valence-electron chi connectivity index (χ2n) is 4.71. The van der Waals surface area contributed by atoms with Crippen molar-refractivity contribution in [2.75, 3.05) is 11.1 Å². The van der Waals surface area contributed by atoms with Crippen molar-refractivity contribution in [2.24, 2.45) is 0 Å². The maximum Gasteiger partial charge on any atom is 0.256 e. The summed E-state index contributed by atoms with van der Waals surface area (Å²) in [5.74, 6) is 0.903. The Balaban J connectivity index is 2.22. The van der Waals surface area contributed by atoms with E-state index in [1.54, 1.807) is 11.8 Å². The molecule has 2 nitrogen and oxygen atoms in total. The Morgan fingerprint density at radius 2 is 1.95 bits per heavy atom. The highest BCUT2D eigenvalue weighted by Gasteiger charge is 2.13. The fourth-order valence-corrected chi connectivity index (χ4v) is 3.01. The minimum Gasteiger partial charge on any atom is -0.322 e. The summed E-state index contributed by atoms with van der Waals surface area (Å²) in [6.45, 7) is 4.03. The fraction of sp³-hybridized carbons (Fsp3) is 0.235. The van der Waals surface area contributed by atoms with Gasteiger partial charge in [-0.2, -0.15) is 0 Å². The Morgan fingerprint density at radius 1 is 1.19 bits per heavy atom. The summed E-state index contributed by atoms with van der Waals surface area (Å²) < 4.78 is 0. The minimum atomic E-state index is -0.0976. The van der Waals surface area contributed by atoms with E-state index in [9.17, 15) is 4.79 Å². The van der Waals surface area contributed by atoms with Crippen LogP contribution in [0, 0.1) is 6.92 Å². The first-order valence-electron chi connectivity index (χ1n) is 6.91. The van der Waals surface area contributed by atoms with Crippen molar-refractivity contribution in [2.45, 2.75) is 25.2 Å². The van der Waals surface area contributed by atoms with E-state index in [0.717, 1.165) is 28.3 Å². The Hall–Kier alpha value is -1.45. The molecule has 0 spiro atoms.